The molecule has 0 fully saturated rings. The van der Waals surface area contributed by atoms with Crippen molar-refractivity contribution in [3.05, 3.63) is 76.9 Å². The molecule has 2 amide bonds. The fraction of sp³-hybridized carbons (Fsp3) is 0.238. The monoisotopic (exact) mass is 499 g/mol. The number of sulfone groups is 1. The van der Waals surface area contributed by atoms with Gasteiger partial charge in [-0.2, -0.15) is 18.3 Å². The van der Waals surface area contributed by atoms with E-state index in [1.165, 1.54) is 6.07 Å². The molecular formula is C21H21F4N5O3S. The van der Waals surface area contributed by atoms with Crippen LogP contribution >= 0.6 is 0 Å². The van der Waals surface area contributed by atoms with Gasteiger partial charge >= 0.3 is 12.2 Å². The number of hydrogen-bond donors (Lipinski definition) is 3. The third-order valence-corrected chi connectivity index (χ3v) is 5.95. The number of aromatic nitrogens is 2. The summed E-state index contributed by atoms with van der Waals surface area (Å²) in [6, 6.07) is 9.92. The average molecular weight is 499 g/mol. The standard InChI is InChI=1S/C21H21F4N5O3S/c1-12-4-3-5-14(8-12)30-15(10-18(29-30)21(23,24)25)11-27-20(31)28-13-6-7-16(17(22)9-13)19(26)34(2,32)33/h3-10,19H,11,26H2,1-2H3,(H2,27,28,31). The molecule has 0 bridgehead atoms. The summed E-state index contributed by atoms with van der Waals surface area (Å²) < 4.78 is 78.0. The molecule has 0 aliphatic carbocycles. The predicted octanol–water partition coefficient (Wildman–Crippen LogP) is 3.66. The molecule has 182 valence electrons. The van der Waals surface area contributed by atoms with Crippen molar-refractivity contribution in [3.63, 3.8) is 0 Å². The van der Waals surface area contributed by atoms with Gasteiger partial charge in [0.2, 0.25) is 0 Å². The highest BCUT2D eigenvalue weighted by molar-refractivity contribution is 7.90. The second kappa shape index (κ2) is 9.43. The summed E-state index contributed by atoms with van der Waals surface area (Å²) in [6.07, 6.45) is -3.82. The molecule has 0 saturated carbocycles. The van der Waals surface area contributed by atoms with E-state index in [0.717, 1.165) is 34.7 Å². The summed E-state index contributed by atoms with van der Waals surface area (Å²) >= 11 is 0. The van der Waals surface area contributed by atoms with Crippen LogP contribution in [0.15, 0.2) is 48.5 Å². The molecule has 0 aliphatic rings. The van der Waals surface area contributed by atoms with E-state index in [-0.39, 0.29) is 23.5 Å². The lowest BCUT2D eigenvalue weighted by atomic mass is 10.2. The number of carbonyl (C=O) groups excluding carboxylic acids is 1. The number of halogens is 4. The number of nitrogens with two attached hydrogens (primary N) is 1. The van der Waals surface area contributed by atoms with Crippen LogP contribution in [0.4, 0.5) is 28.0 Å². The molecule has 1 atom stereocenters. The Morgan fingerprint density at radius 2 is 1.88 bits per heavy atom. The summed E-state index contributed by atoms with van der Waals surface area (Å²) in [5.74, 6) is -0.942. The Kier molecular flexibility index (Phi) is 6.98. The number of rotatable bonds is 6. The van der Waals surface area contributed by atoms with E-state index < -0.39 is 38.9 Å². The van der Waals surface area contributed by atoms with Crippen molar-refractivity contribution in [2.45, 2.75) is 25.0 Å². The van der Waals surface area contributed by atoms with Crippen LogP contribution in [0.5, 0.6) is 0 Å². The Morgan fingerprint density at radius 1 is 1.18 bits per heavy atom. The summed E-state index contributed by atoms with van der Waals surface area (Å²) in [5, 5.41) is 6.78. The van der Waals surface area contributed by atoms with Gasteiger partial charge in [0.15, 0.2) is 15.5 Å². The minimum absolute atomic E-state index is 0.0115. The highest BCUT2D eigenvalue weighted by Gasteiger charge is 2.35. The fourth-order valence-electron chi connectivity index (χ4n) is 3.08. The zero-order valence-corrected chi connectivity index (χ0v) is 18.8. The number of hydrogen-bond acceptors (Lipinski definition) is 5. The van der Waals surface area contributed by atoms with Gasteiger partial charge in [0.05, 0.1) is 17.9 Å². The van der Waals surface area contributed by atoms with E-state index in [4.69, 9.17) is 5.73 Å². The molecule has 1 unspecified atom stereocenters. The molecule has 0 radical (unpaired) electrons. The minimum Gasteiger partial charge on any atom is -0.332 e. The average Bonchev–Trinajstić information content (AvgIpc) is 3.16. The van der Waals surface area contributed by atoms with Gasteiger partial charge in [0.1, 0.15) is 11.2 Å². The third-order valence-electron chi connectivity index (χ3n) is 4.78. The maximum Gasteiger partial charge on any atom is 0.435 e. The van der Waals surface area contributed by atoms with Gasteiger partial charge in [-0.15, -0.1) is 0 Å². The highest BCUT2D eigenvalue weighted by Crippen LogP contribution is 2.30. The number of anilines is 1. The van der Waals surface area contributed by atoms with Crippen LogP contribution in [0.2, 0.25) is 0 Å². The molecule has 0 aliphatic heterocycles. The predicted molar refractivity (Wildman–Crippen MR) is 117 cm³/mol. The summed E-state index contributed by atoms with van der Waals surface area (Å²) in [4.78, 5) is 12.3. The van der Waals surface area contributed by atoms with E-state index in [1.807, 2.05) is 0 Å². The van der Waals surface area contributed by atoms with Crippen LogP contribution in [0, 0.1) is 12.7 Å². The second-order valence-electron chi connectivity index (χ2n) is 7.56. The lowest BCUT2D eigenvalue weighted by Gasteiger charge is -2.13. The molecule has 1 heterocycles. The van der Waals surface area contributed by atoms with Crippen molar-refractivity contribution < 1.29 is 30.8 Å². The largest absolute Gasteiger partial charge is 0.435 e. The van der Waals surface area contributed by atoms with Gasteiger partial charge in [0, 0.05) is 17.5 Å². The zero-order chi connectivity index (χ0) is 25.3. The first-order chi connectivity index (χ1) is 15.8. The molecular weight excluding hydrogens is 478 g/mol. The van der Waals surface area contributed by atoms with Gasteiger partial charge in [-0.3, -0.25) is 0 Å². The first kappa shape index (κ1) is 25.2. The van der Waals surface area contributed by atoms with E-state index in [2.05, 4.69) is 15.7 Å². The number of urea groups is 1. The number of carbonyl (C=O) groups is 1. The fourth-order valence-corrected chi connectivity index (χ4v) is 3.73. The van der Waals surface area contributed by atoms with Crippen LogP contribution in [-0.2, 0) is 22.6 Å². The Balaban J connectivity index is 1.76. The number of nitrogens with one attached hydrogen (secondary N) is 2. The van der Waals surface area contributed by atoms with Crippen molar-refractivity contribution in [2.24, 2.45) is 5.73 Å². The number of nitrogens with zero attached hydrogens (tertiary/aromatic N) is 2. The molecule has 1 aromatic heterocycles. The molecule has 13 heteroatoms. The smallest absolute Gasteiger partial charge is 0.332 e. The summed E-state index contributed by atoms with van der Waals surface area (Å²) in [7, 11) is -3.74. The van der Waals surface area contributed by atoms with Crippen LogP contribution in [-0.4, -0.2) is 30.5 Å². The number of benzene rings is 2. The van der Waals surface area contributed by atoms with E-state index in [0.29, 0.717) is 5.69 Å². The summed E-state index contributed by atoms with van der Waals surface area (Å²) in [6.45, 7) is 1.46. The Labute approximate surface area is 192 Å². The number of alkyl halides is 3. The van der Waals surface area contributed by atoms with Crippen molar-refractivity contribution >= 4 is 21.6 Å². The maximum absolute atomic E-state index is 14.3. The quantitative estimate of drug-likeness (QED) is 0.447. The Hall–Kier alpha value is -3.45. The van der Waals surface area contributed by atoms with Gasteiger partial charge in [0.25, 0.3) is 0 Å². The number of aryl methyl sites for hydroxylation is 1. The second-order valence-corrected chi connectivity index (χ2v) is 9.73. The zero-order valence-electron chi connectivity index (χ0n) is 18.0. The molecule has 0 saturated heterocycles. The van der Waals surface area contributed by atoms with Gasteiger partial charge in [-0.25, -0.2) is 22.3 Å². The molecule has 2 aromatic carbocycles. The first-order valence-electron chi connectivity index (χ1n) is 9.77. The maximum atomic E-state index is 14.3. The van der Waals surface area contributed by atoms with Crippen LogP contribution < -0.4 is 16.4 Å². The van der Waals surface area contributed by atoms with E-state index >= 15 is 0 Å². The molecule has 3 rings (SSSR count). The van der Waals surface area contributed by atoms with Crippen LogP contribution in [0.25, 0.3) is 5.69 Å². The van der Waals surface area contributed by atoms with E-state index in [1.54, 1.807) is 31.2 Å². The molecule has 3 aromatic rings. The number of amides is 2. The topological polar surface area (TPSA) is 119 Å². The van der Waals surface area contributed by atoms with E-state index in [9.17, 15) is 30.8 Å². The lowest BCUT2D eigenvalue weighted by molar-refractivity contribution is -0.141. The molecule has 34 heavy (non-hydrogen) atoms. The third kappa shape index (κ3) is 5.91. The van der Waals surface area contributed by atoms with Gasteiger partial charge in [-0.05, 0) is 42.8 Å². The Morgan fingerprint density at radius 3 is 2.47 bits per heavy atom. The van der Waals surface area contributed by atoms with Gasteiger partial charge in [-0.1, -0.05) is 18.2 Å². The molecule has 0 spiro atoms. The van der Waals surface area contributed by atoms with Crippen LogP contribution in [0.3, 0.4) is 0 Å². The Bertz CT molecular complexity index is 1320. The van der Waals surface area contributed by atoms with Crippen molar-refractivity contribution in [2.75, 3.05) is 11.6 Å². The van der Waals surface area contributed by atoms with Crippen molar-refractivity contribution in [3.8, 4) is 5.69 Å². The lowest BCUT2D eigenvalue weighted by Crippen LogP contribution is -2.29. The normalized spacial score (nSPS) is 12.9. The summed E-state index contributed by atoms with van der Waals surface area (Å²) in [5.41, 5.74) is 5.38. The van der Waals surface area contributed by atoms with Gasteiger partial charge < -0.3 is 16.4 Å². The molecule has 4 N–H and O–H groups in total. The SMILES string of the molecule is Cc1cccc(-n2nc(C(F)(F)F)cc2CNC(=O)Nc2ccc(C(N)S(C)(=O)=O)c(F)c2)c1. The van der Waals surface area contributed by atoms with Crippen LogP contribution in [0.1, 0.15) is 27.9 Å². The highest BCUT2D eigenvalue weighted by atomic mass is 32.2. The van der Waals surface area contributed by atoms with Crippen molar-refractivity contribution in [1.82, 2.24) is 15.1 Å². The minimum atomic E-state index is -4.68. The molecule has 8 nitrogen and oxygen atoms in total. The first-order valence-corrected chi connectivity index (χ1v) is 11.7. The van der Waals surface area contributed by atoms with Crippen molar-refractivity contribution in [1.29, 1.82) is 0 Å².